The number of ether oxygens (including phenoxy) is 4. The van der Waals surface area contributed by atoms with E-state index in [1.54, 1.807) is 0 Å². The van der Waals surface area contributed by atoms with Gasteiger partial charge in [-0.15, -0.1) is 0 Å². The maximum Gasteiger partial charge on any atom is 0.472 e. The summed E-state index contributed by atoms with van der Waals surface area (Å²) < 4.78 is 68.2. The summed E-state index contributed by atoms with van der Waals surface area (Å²) in [4.78, 5) is 72.5. The number of aliphatic hydroxyl groups excluding tert-OH is 1. The predicted octanol–water partition coefficient (Wildman–Crippen LogP) is 20.2. The molecule has 17 nitrogen and oxygen atoms in total. The molecular formula is C71H138O17P2. The molecule has 0 spiro atoms. The van der Waals surface area contributed by atoms with E-state index in [2.05, 4.69) is 48.5 Å². The molecule has 0 aliphatic rings. The first kappa shape index (κ1) is 88.1. The van der Waals surface area contributed by atoms with E-state index >= 15 is 0 Å². The number of phosphoric acid groups is 2. The van der Waals surface area contributed by atoms with Gasteiger partial charge in [0, 0.05) is 25.7 Å². The average molecular weight is 1330 g/mol. The summed E-state index contributed by atoms with van der Waals surface area (Å²) >= 11 is 0. The van der Waals surface area contributed by atoms with Crippen LogP contribution in [-0.2, 0) is 65.4 Å². The Bertz CT molecular complexity index is 1770. The van der Waals surface area contributed by atoms with Gasteiger partial charge in [0.05, 0.1) is 26.4 Å². The summed E-state index contributed by atoms with van der Waals surface area (Å²) in [5.41, 5.74) is 0. The van der Waals surface area contributed by atoms with Crippen molar-refractivity contribution in [2.45, 2.75) is 375 Å². The Morgan fingerprint density at radius 3 is 0.756 bits per heavy atom. The zero-order valence-electron chi connectivity index (χ0n) is 58.6. The summed E-state index contributed by atoms with van der Waals surface area (Å²) in [5, 5.41) is 10.6. The second-order valence-electron chi connectivity index (χ2n) is 27.1. The molecule has 0 aliphatic carbocycles. The SMILES string of the molecule is CCCCCCCCCCCCCCCCCCCCCCC(=O)O[C@H](COC(=O)CCCCCCCCCC(C)C)COP(=O)(O)OC[C@@H](O)COP(=O)(O)OC[C@@H](COC(=O)CCCCCCCCCC(C)C)OC(=O)CCCCCCCCCC(C)C. The Kier molecular flexibility index (Phi) is 60.6. The molecule has 0 saturated heterocycles. The Morgan fingerprint density at radius 1 is 0.300 bits per heavy atom. The average Bonchev–Trinajstić information content (AvgIpc) is 3.71. The van der Waals surface area contributed by atoms with Gasteiger partial charge in [-0.25, -0.2) is 9.13 Å². The number of rotatable bonds is 69. The van der Waals surface area contributed by atoms with Crippen LogP contribution in [0.25, 0.3) is 0 Å². The molecule has 0 aromatic rings. The molecule has 0 rings (SSSR count). The van der Waals surface area contributed by atoms with Crippen molar-refractivity contribution in [3.63, 3.8) is 0 Å². The lowest BCUT2D eigenvalue weighted by molar-refractivity contribution is -0.161. The number of carbonyl (C=O) groups is 4. The molecule has 0 aliphatic heterocycles. The van der Waals surface area contributed by atoms with Gasteiger partial charge in [0.25, 0.3) is 0 Å². The van der Waals surface area contributed by atoms with Gasteiger partial charge in [-0.1, -0.05) is 305 Å². The molecule has 90 heavy (non-hydrogen) atoms. The number of hydrogen-bond donors (Lipinski definition) is 3. The third-order valence-electron chi connectivity index (χ3n) is 16.4. The van der Waals surface area contributed by atoms with E-state index in [0.29, 0.717) is 43.4 Å². The lowest BCUT2D eigenvalue weighted by Crippen LogP contribution is -2.30. The third-order valence-corrected chi connectivity index (χ3v) is 18.3. The smallest absolute Gasteiger partial charge is 0.462 e. The van der Waals surface area contributed by atoms with E-state index in [0.717, 1.165) is 103 Å². The highest BCUT2D eigenvalue weighted by atomic mass is 31.2. The van der Waals surface area contributed by atoms with Crippen molar-refractivity contribution in [3.8, 4) is 0 Å². The molecule has 0 aromatic carbocycles. The summed E-state index contributed by atoms with van der Waals surface area (Å²) in [6, 6.07) is 0. The minimum absolute atomic E-state index is 0.102. The molecule has 2 unspecified atom stereocenters. The zero-order chi connectivity index (χ0) is 66.6. The Hall–Kier alpha value is -1.94. The Morgan fingerprint density at radius 2 is 0.511 bits per heavy atom. The highest BCUT2D eigenvalue weighted by Crippen LogP contribution is 2.45. The van der Waals surface area contributed by atoms with Gasteiger partial charge in [0.2, 0.25) is 0 Å². The summed E-state index contributed by atoms with van der Waals surface area (Å²) in [5.74, 6) is -0.0254. The van der Waals surface area contributed by atoms with E-state index in [9.17, 15) is 43.2 Å². The maximum atomic E-state index is 13.0. The van der Waals surface area contributed by atoms with Crippen LogP contribution in [0.5, 0.6) is 0 Å². The fourth-order valence-electron chi connectivity index (χ4n) is 10.7. The van der Waals surface area contributed by atoms with Gasteiger partial charge >= 0.3 is 39.5 Å². The molecule has 0 fully saturated rings. The first-order chi connectivity index (χ1) is 43.2. The monoisotopic (exact) mass is 1320 g/mol. The van der Waals surface area contributed by atoms with Crippen molar-refractivity contribution in [3.05, 3.63) is 0 Å². The quantitative estimate of drug-likeness (QED) is 0.0222. The fraction of sp³-hybridized carbons (Fsp3) is 0.944. The topological polar surface area (TPSA) is 237 Å². The first-order valence-corrected chi connectivity index (χ1v) is 39.8. The number of hydrogen-bond acceptors (Lipinski definition) is 15. The second kappa shape index (κ2) is 61.9. The molecular weight excluding hydrogens is 1190 g/mol. The van der Waals surface area contributed by atoms with Crippen LogP contribution in [0.15, 0.2) is 0 Å². The van der Waals surface area contributed by atoms with E-state index in [4.69, 9.17) is 37.0 Å². The Labute approximate surface area is 549 Å². The maximum absolute atomic E-state index is 13.0. The minimum atomic E-state index is -4.95. The molecule has 0 amide bonds. The van der Waals surface area contributed by atoms with Crippen molar-refractivity contribution in [1.82, 2.24) is 0 Å². The van der Waals surface area contributed by atoms with Crippen LogP contribution in [0.4, 0.5) is 0 Å². The highest BCUT2D eigenvalue weighted by molar-refractivity contribution is 7.47. The third kappa shape index (κ3) is 64.8. The number of esters is 4. The molecule has 0 heterocycles. The lowest BCUT2D eigenvalue weighted by Gasteiger charge is -2.21. The van der Waals surface area contributed by atoms with Crippen LogP contribution in [0.2, 0.25) is 0 Å². The van der Waals surface area contributed by atoms with Crippen LogP contribution >= 0.6 is 15.6 Å². The molecule has 0 radical (unpaired) electrons. The normalized spacial score (nSPS) is 14.2. The van der Waals surface area contributed by atoms with Crippen molar-refractivity contribution in [2.24, 2.45) is 17.8 Å². The Balaban J connectivity index is 5.17. The lowest BCUT2D eigenvalue weighted by atomic mass is 10.0. The standard InChI is InChI=1S/C71H138O17P2/c1-8-9-10-11-12-13-14-15-16-17-18-19-20-21-22-23-24-31-40-47-54-70(75)87-66(58-81-68(73)52-45-38-32-25-28-35-42-49-62(2)3)60-85-89(77,78)83-56-65(72)57-84-90(79,80)86-61-67(88-71(76)55-48-41-34-27-30-37-44-51-64(6)7)59-82-69(74)53-46-39-33-26-29-36-43-50-63(4)5/h62-67,72H,8-61H2,1-7H3,(H,77,78)(H,79,80)/t65-,66-,67-/m1/s1. The molecule has 0 aromatic heterocycles. The van der Waals surface area contributed by atoms with Gasteiger partial charge in [-0.2, -0.15) is 0 Å². The fourth-order valence-corrected chi connectivity index (χ4v) is 12.3. The van der Waals surface area contributed by atoms with Gasteiger partial charge in [0.1, 0.15) is 19.3 Å². The van der Waals surface area contributed by atoms with Crippen molar-refractivity contribution in [2.75, 3.05) is 39.6 Å². The molecule has 0 saturated carbocycles. The van der Waals surface area contributed by atoms with Crippen LogP contribution in [-0.4, -0.2) is 96.7 Å². The van der Waals surface area contributed by atoms with Crippen LogP contribution in [0.3, 0.4) is 0 Å². The summed E-state index contributed by atoms with van der Waals surface area (Å²) in [7, 11) is -9.90. The largest absolute Gasteiger partial charge is 0.472 e. The summed E-state index contributed by atoms with van der Waals surface area (Å²) in [6.07, 6.45) is 46.3. The van der Waals surface area contributed by atoms with Gasteiger partial charge in [-0.05, 0) is 43.4 Å². The van der Waals surface area contributed by atoms with Crippen LogP contribution in [0.1, 0.15) is 357 Å². The zero-order valence-corrected chi connectivity index (χ0v) is 60.4. The first-order valence-electron chi connectivity index (χ1n) is 36.8. The van der Waals surface area contributed by atoms with E-state index in [-0.39, 0.29) is 25.7 Å². The van der Waals surface area contributed by atoms with Crippen molar-refractivity contribution < 1.29 is 80.2 Å². The second-order valence-corrected chi connectivity index (χ2v) is 30.0. The van der Waals surface area contributed by atoms with Gasteiger partial charge < -0.3 is 33.8 Å². The number of unbranched alkanes of at least 4 members (excludes halogenated alkanes) is 37. The number of aliphatic hydroxyl groups is 1. The number of phosphoric ester groups is 2. The van der Waals surface area contributed by atoms with E-state index in [1.165, 1.54) is 154 Å². The van der Waals surface area contributed by atoms with Crippen LogP contribution in [0, 0.1) is 17.8 Å². The van der Waals surface area contributed by atoms with Gasteiger partial charge in [0.15, 0.2) is 12.2 Å². The molecule has 0 bridgehead atoms. The van der Waals surface area contributed by atoms with E-state index < -0.39 is 97.5 Å². The predicted molar refractivity (Wildman–Crippen MR) is 363 cm³/mol. The minimum Gasteiger partial charge on any atom is -0.462 e. The van der Waals surface area contributed by atoms with Crippen LogP contribution < -0.4 is 0 Å². The molecule has 534 valence electrons. The van der Waals surface area contributed by atoms with Crippen molar-refractivity contribution >= 4 is 39.5 Å². The highest BCUT2D eigenvalue weighted by Gasteiger charge is 2.30. The van der Waals surface area contributed by atoms with E-state index in [1.807, 2.05) is 0 Å². The summed E-state index contributed by atoms with van der Waals surface area (Å²) in [6.45, 7) is 11.7. The van der Waals surface area contributed by atoms with Crippen molar-refractivity contribution in [1.29, 1.82) is 0 Å². The number of carbonyl (C=O) groups excluding carboxylic acids is 4. The molecule has 19 heteroatoms. The molecule has 3 N–H and O–H groups in total. The molecule has 5 atom stereocenters. The van der Waals surface area contributed by atoms with Gasteiger partial charge in [-0.3, -0.25) is 37.3 Å².